The third kappa shape index (κ3) is 5.13. The number of nitrogens with zero attached hydrogens (tertiary/aromatic N) is 3. The molecule has 2 aliphatic rings. The van der Waals surface area contributed by atoms with Crippen LogP contribution in [-0.4, -0.2) is 59.7 Å². The summed E-state index contributed by atoms with van der Waals surface area (Å²) in [5.41, 5.74) is 3.25. The van der Waals surface area contributed by atoms with Gasteiger partial charge in [0.2, 0.25) is 6.79 Å². The molecule has 1 saturated heterocycles. The topological polar surface area (TPSA) is 96.0 Å². The standard InChI is InChI=1S/C24H25N5O4S/c1-16-3-2-4-18(11-16)25-23(31)27-24-26-19(14-34-24)22(30)29-9-7-28(8-10-29)13-17-5-6-20-21(12-17)33-15-32-20/h2-6,11-12,14H,7-10,13,15H2,1H3,(H2,25,26,27,31). The van der Waals surface area contributed by atoms with Crippen LogP contribution in [0.5, 0.6) is 11.5 Å². The number of hydrogen-bond donors (Lipinski definition) is 2. The maximum absolute atomic E-state index is 12.9. The quantitative estimate of drug-likeness (QED) is 0.578. The van der Waals surface area contributed by atoms with Crippen LogP contribution in [0.4, 0.5) is 15.6 Å². The molecule has 0 saturated carbocycles. The molecule has 2 N–H and O–H groups in total. The van der Waals surface area contributed by atoms with E-state index in [1.54, 1.807) is 5.38 Å². The number of hydrogen-bond acceptors (Lipinski definition) is 7. The van der Waals surface area contributed by atoms with Crippen LogP contribution >= 0.6 is 11.3 Å². The third-order valence-electron chi connectivity index (χ3n) is 5.72. The first-order valence-electron chi connectivity index (χ1n) is 11.0. The number of rotatable bonds is 5. The summed E-state index contributed by atoms with van der Waals surface area (Å²) in [4.78, 5) is 33.6. The van der Waals surface area contributed by atoms with E-state index in [0.717, 1.165) is 42.3 Å². The van der Waals surface area contributed by atoms with Gasteiger partial charge in [0, 0.05) is 43.8 Å². The summed E-state index contributed by atoms with van der Waals surface area (Å²) in [6.07, 6.45) is 0. The molecule has 3 aromatic rings. The Morgan fingerprint density at radius 3 is 2.68 bits per heavy atom. The maximum Gasteiger partial charge on any atom is 0.325 e. The van der Waals surface area contributed by atoms with Crippen molar-refractivity contribution in [2.45, 2.75) is 13.5 Å². The van der Waals surface area contributed by atoms with E-state index in [9.17, 15) is 9.59 Å². The van der Waals surface area contributed by atoms with Crippen LogP contribution in [0.1, 0.15) is 21.6 Å². The maximum atomic E-state index is 12.9. The molecule has 2 aromatic carbocycles. The minimum Gasteiger partial charge on any atom is -0.454 e. The highest BCUT2D eigenvalue weighted by molar-refractivity contribution is 7.14. The highest BCUT2D eigenvalue weighted by Gasteiger charge is 2.24. The van der Waals surface area contributed by atoms with Crippen molar-refractivity contribution < 1.29 is 19.1 Å². The monoisotopic (exact) mass is 479 g/mol. The van der Waals surface area contributed by atoms with Crippen LogP contribution < -0.4 is 20.1 Å². The number of carbonyl (C=O) groups excluding carboxylic acids is 2. The second-order valence-electron chi connectivity index (χ2n) is 8.24. The molecule has 34 heavy (non-hydrogen) atoms. The van der Waals surface area contributed by atoms with E-state index >= 15 is 0 Å². The number of anilines is 2. The molecule has 2 aliphatic heterocycles. The smallest absolute Gasteiger partial charge is 0.325 e. The molecular weight excluding hydrogens is 454 g/mol. The average Bonchev–Trinajstić information content (AvgIpc) is 3.48. The van der Waals surface area contributed by atoms with Gasteiger partial charge in [0.25, 0.3) is 5.91 Å². The van der Waals surface area contributed by atoms with Gasteiger partial charge in [0.15, 0.2) is 16.6 Å². The Morgan fingerprint density at radius 2 is 1.85 bits per heavy atom. The Morgan fingerprint density at radius 1 is 1.03 bits per heavy atom. The molecule has 0 spiro atoms. The highest BCUT2D eigenvalue weighted by Crippen LogP contribution is 2.33. The fraction of sp³-hybridized carbons (Fsp3) is 0.292. The van der Waals surface area contributed by atoms with Crippen LogP contribution in [0.15, 0.2) is 47.8 Å². The number of thiazole rings is 1. The van der Waals surface area contributed by atoms with Gasteiger partial charge < -0.3 is 19.7 Å². The highest BCUT2D eigenvalue weighted by atomic mass is 32.1. The average molecular weight is 480 g/mol. The number of amides is 3. The third-order valence-corrected chi connectivity index (χ3v) is 6.48. The first-order chi connectivity index (χ1) is 16.5. The lowest BCUT2D eigenvalue weighted by Gasteiger charge is -2.34. The fourth-order valence-corrected chi connectivity index (χ4v) is 4.66. The van der Waals surface area contributed by atoms with Crippen molar-refractivity contribution in [3.05, 3.63) is 64.7 Å². The van der Waals surface area contributed by atoms with Crippen molar-refractivity contribution in [1.82, 2.24) is 14.8 Å². The van der Waals surface area contributed by atoms with Gasteiger partial charge in [-0.3, -0.25) is 15.0 Å². The molecule has 9 nitrogen and oxygen atoms in total. The summed E-state index contributed by atoms with van der Waals surface area (Å²) in [5, 5.41) is 7.54. The molecule has 1 fully saturated rings. The van der Waals surface area contributed by atoms with Crippen LogP contribution in [0, 0.1) is 6.92 Å². The van der Waals surface area contributed by atoms with E-state index in [0.29, 0.717) is 29.6 Å². The number of ether oxygens (including phenoxy) is 2. The van der Waals surface area contributed by atoms with E-state index in [1.165, 1.54) is 11.3 Å². The zero-order valence-corrected chi connectivity index (χ0v) is 19.6. The van der Waals surface area contributed by atoms with Gasteiger partial charge in [-0.15, -0.1) is 11.3 Å². The van der Waals surface area contributed by atoms with E-state index in [2.05, 4.69) is 20.5 Å². The number of nitrogens with one attached hydrogen (secondary N) is 2. The fourth-order valence-electron chi connectivity index (χ4n) is 3.98. The Bertz CT molecular complexity index is 1210. The molecule has 5 rings (SSSR count). The van der Waals surface area contributed by atoms with Gasteiger partial charge in [-0.05, 0) is 42.3 Å². The molecule has 10 heteroatoms. The second-order valence-corrected chi connectivity index (χ2v) is 9.10. The lowest BCUT2D eigenvalue weighted by atomic mass is 10.1. The molecular formula is C24H25N5O4S. The number of urea groups is 1. The van der Waals surface area contributed by atoms with Gasteiger partial charge in [-0.2, -0.15) is 0 Å². The summed E-state index contributed by atoms with van der Waals surface area (Å²) in [6, 6.07) is 13.1. The number of carbonyl (C=O) groups is 2. The summed E-state index contributed by atoms with van der Waals surface area (Å²) in [7, 11) is 0. The van der Waals surface area contributed by atoms with Gasteiger partial charge in [-0.25, -0.2) is 9.78 Å². The van der Waals surface area contributed by atoms with Gasteiger partial charge in [-0.1, -0.05) is 18.2 Å². The minimum atomic E-state index is -0.393. The van der Waals surface area contributed by atoms with Crippen LogP contribution in [0.25, 0.3) is 0 Å². The molecule has 3 amide bonds. The van der Waals surface area contributed by atoms with Gasteiger partial charge in [0.1, 0.15) is 5.69 Å². The largest absolute Gasteiger partial charge is 0.454 e. The zero-order valence-electron chi connectivity index (χ0n) is 18.7. The van der Waals surface area contributed by atoms with Crippen molar-refractivity contribution in [2.24, 2.45) is 0 Å². The summed E-state index contributed by atoms with van der Waals surface area (Å²) in [5.74, 6) is 1.45. The predicted molar refractivity (Wildman–Crippen MR) is 130 cm³/mol. The van der Waals surface area contributed by atoms with E-state index in [-0.39, 0.29) is 12.7 Å². The Labute approximate surface area is 201 Å². The molecule has 0 unspecified atom stereocenters. The van der Waals surface area contributed by atoms with Crippen molar-refractivity contribution in [1.29, 1.82) is 0 Å². The Balaban J connectivity index is 1.11. The van der Waals surface area contributed by atoms with Crippen molar-refractivity contribution >= 4 is 34.1 Å². The molecule has 176 valence electrons. The molecule has 1 aromatic heterocycles. The molecule has 0 bridgehead atoms. The van der Waals surface area contributed by atoms with Crippen LogP contribution in [-0.2, 0) is 6.54 Å². The Hall–Kier alpha value is -3.63. The molecule has 0 aliphatic carbocycles. The summed E-state index contributed by atoms with van der Waals surface area (Å²) in [6.45, 7) is 5.81. The van der Waals surface area contributed by atoms with Crippen LogP contribution in [0.2, 0.25) is 0 Å². The van der Waals surface area contributed by atoms with E-state index in [1.807, 2.05) is 54.3 Å². The number of fused-ring (bicyclic) bond motifs is 1. The predicted octanol–water partition coefficient (Wildman–Crippen LogP) is 3.78. The molecule has 0 atom stereocenters. The van der Waals surface area contributed by atoms with E-state index < -0.39 is 6.03 Å². The van der Waals surface area contributed by atoms with Crippen molar-refractivity contribution in [3.8, 4) is 11.5 Å². The number of aryl methyl sites for hydroxylation is 1. The lowest BCUT2D eigenvalue weighted by Crippen LogP contribution is -2.48. The number of aromatic nitrogens is 1. The molecule has 0 radical (unpaired) electrons. The molecule has 3 heterocycles. The van der Waals surface area contributed by atoms with E-state index in [4.69, 9.17) is 9.47 Å². The lowest BCUT2D eigenvalue weighted by molar-refractivity contribution is 0.0623. The van der Waals surface area contributed by atoms with Crippen molar-refractivity contribution in [3.63, 3.8) is 0 Å². The van der Waals surface area contributed by atoms with Gasteiger partial charge in [0.05, 0.1) is 0 Å². The zero-order chi connectivity index (χ0) is 23.5. The van der Waals surface area contributed by atoms with Crippen molar-refractivity contribution in [2.75, 3.05) is 43.6 Å². The first-order valence-corrected chi connectivity index (χ1v) is 11.9. The summed E-state index contributed by atoms with van der Waals surface area (Å²) >= 11 is 1.23. The number of piperazine rings is 1. The minimum absolute atomic E-state index is 0.119. The Kier molecular flexibility index (Phi) is 6.33. The SMILES string of the molecule is Cc1cccc(NC(=O)Nc2nc(C(=O)N3CCN(Cc4ccc5c(c4)OCO5)CC3)cs2)c1. The second kappa shape index (κ2) is 9.70. The van der Waals surface area contributed by atoms with Gasteiger partial charge >= 0.3 is 6.03 Å². The number of benzene rings is 2. The van der Waals surface area contributed by atoms with Crippen LogP contribution in [0.3, 0.4) is 0 Å². The summed E-state index contributed by atoms with van der Waals surface area (Å²) < 4.78 is 10.8. The normalized spacial score (nSPS) is 15.3. The first kappa shape index (κ1) is 22.2.